The second-order valence-corrected chi connectivity index (χ2v) is 7.10. The molecule has 4 aromatic rings. The summed E-state index contributed by atoms with van der Waals surface area (Å²) in [5.74, 6) is 0.806. The molecule has 1 atom stereocenters. The number of aromatic hydroxyl groups is 1. The zero-order valence-electron chi connectivity index (χ0n) is 17.3. The van der Waals surface area contributed by atoms with E-state index in [-0.39, 0.29) is 11.7 Å². The number of rotatable bonds is 6. The number of carbonyl (C=O) groups excluding carboxylic acids is 1. The molecule has 0 aliphatic rings. The number of phenols is 1. The van der Waals surface area contributed by atoms with Gasteiger partial charge in [-0.1, -0.05) is 60.7 Å². The van der Waals surface area contributed by atoms with Crippen molar-refractivity contribution < 1.29 is 19.4 Å². The number of hydrogen-bond acceptors (Lipinski definition) is 4. The molecule has 5 heteroatoms. The topological polar surface area (TPSA) is 67.8 Å². The van der Waals surface area contributed by atoms with Gasteiger partial charge in [0.1, 0.15) is 17.2 Å². The summed E-state index contributed by atoms with van der Waals surface area (Å²) in [6, 6.07) is 25.4. The zero-order valence-corrected chi connectivity index (χ0v) is 17.3. The van der Waals surface area contributed by atoms with Crippen LogP contribution in [0, 0.1) is 0 Å². The van der Waals surface area contributed by atoms with Gasteiger partial charge in [0.05, 0.1) is 25.8 Å². The Balaban J connectivity index is 1.82. The monoisotopic (exact) mass is 413 g/mol. The number of methoxy groups -OCH3 is 2. The number of fused-ring (bicyclic) bond motifs is 1. The number of ether oxygens (including phenoxy) is 2. The van der Waals surface area contributed by atoms with E-state index in [0.717, 1.165) is 16.3 Å². The second kappa shape index (κ2) is 8.79. The zero-order chi connectivity index (χ0) is 21.8. The molecule has 0 aliphatic heterocycles. The van der Waals surface area contributed by atoms with Crippen LogP contribution in [0.5, 0.6) is 17.2 Å². The molecule has 4 aromatic carbocycles. The fourth-order valence-corrected chi connectivity index (χ4v) is 3.75. The average Bonchev–Trinajstić information content (AvgIpc) is 2.82. The highest BCUT2D eigenvalue weighted by Crippen LogP contribution is 2.36. The van der Waals surface area contributed by atoms with Crippen LogP contribution >= 0.6 is 0 Å². The highest BCUT2D eigenvalue weighted by molar-refractivity contribution is 5.98. The minimum Gasteiger partial charge on any atom is -0.508 e. The van der Waals surface area contributed by atoms with Crippen molar-refractivity contribution in [2.45, 2.75) is 6.04 Å². The summed E-state index contributed by atoms with van der Waals surface area (Å²) in [5.41, 5.74) is 1.88. The fourth-order valence-electron chi connectivity index (χ4n) is 3.75. The van der Waals surface area contributed by atoms with E-state index in [1.54, 1.807) is 31.4 Å². The van der Waals surface area contributed by atoms with Crippen LogP contribution in [0.25, 0.3) is 10.8 Å². The minimum atomic E-state index is -0.563. The molecule has 0 bridgehead atoms. The van der Waals surface area contributed by atoms with E-state index in [9.17, 15) is 9.90 Å². The maximum Gasteiger partial charge on any atom is 0.255 e. The highest BCUT2D eigenvalue weighted by atomic mass is 16.5. The molecule has 0 saturated carbocycles. The second-order valence-electron chi connectivity index (χ2n) is 7.10. The Kier molecular flexibility index (Phi) is 5.76. The molecule has 31 heavy (non-hydrogen) atoms. The number of nitrogens with one attached hydrogen (secondary N) is 1. The van der Waals surface area contributed by atoms with Crippen LogP contribution < -0.4 is 14.8 Å². The summed E-state index contributed by atoms with van der Waals surface area (Å²) in [6.07, 6.45) is 0. The first kappa shape index (κ1) is 20.3. The molecular formula is C26H23NO4. The SMILES string of the molecule is COc1ccc(C(=O)NC(c2ccccc2)c2c(O)ccc3ccccc23)c(OC)c1. The van der Waals surface area contributed by atoms with Crippen LogP contribution in [0.4, 0.5) is 0 Å². The number of benzene rings is 4. The van der Waals surface area contributed by atoms with Gasteiger partial charge in [-0.05, 0) is 34.5 Å². The number of amides is 1. The van der Waals surface area contributed by atoms with E-state index < -0.39 is 6.04 Å². The fraction of sp³-hybridized carbons (Fsp3) is 0.115. The van der Waals surface area contributed by atoms with Crippen LogP contribution in [-0.4, -0.2) is 25.2 Å². The van der Waals surface area contributed by atoms with Gasteiger partial charge in [0, 0.05) is 11.6 Å². The van der Waals surface area contributed by atoms with Gasteiger partial charge in [-0.2, -0.15) is 0 Å². The van der Waals surface area contributed by atoms with Gasteiger partial charge in [-0.25, -0.2) is 0 Å². The third-order valence-corrected chi connectivity index (χ3v) is 5.30. The maximum absolute atomic E-state index is 13.3. The summed E-state index contributed by atoms with van der Waals surface area (Å²) < 4.78 is 10.6. The Morgan fingerprint density at radius 2 is 1.61 bits per heavy atom. The first-order valence-corrected chi connectivity index (χ1v) is 9.91. The third-order valence-electron chi connectivity index (χ3n) is 5.30. The van der Waals surface area contributed by atoms with Gasteiger partial charge in [-0.3, -0.25) is 4.79 Å². The summed E-state index contributed by atoms with van der Waals surface area (Å²) in [4.78, 5) is 13.3. The van der Waals surface area contributed by atoms with E-state index in [1.807, 2.05) is 60.7 Å². The smallest absolute Gasteiger partial charge is 0.255 e. The first-order valence-electron chi connectivity index (χ1n) is 9.91. The maximum atomic E-state index is 13.3. The van der Waals surface area contributed by atoms with Crippen molar-refractivity contribution in [3.05, 3.63) is 102 Å². The van der Waals surface area contributed by atoms with Crippen molar-refractivity contribution >= 4 is 16.7 Å². The van der Waals surface area contributed by atoms with E-state index in [4.69, 9.17) is 9.47 Å². The number of phenolic OH excluding ortho intramolecular Hbond substituents is 1. The van der Waals surface area contributed by atoms with Crippen LogP contribution in [0.3, 0.4) is 0 Å². The lowest BCUT2D eigenvalue weighted by Gasteiger charge is -2.23. The molecule has 0 radical (unpaired) electrons. The van der Waals surface area contributed by atoms with E-state index in [1.165, 1.54) is 7.11 Å². The van der Waals surface area contributed by atoms with Crippen molar-refractivity contribution in [3.63, 3.8) is 0 Å². The molecule has 1 unspecified atom stereocenters. The van der Waals surface area contributed by atoms with E-state index in [0.29, 0.717) is 22.6 Å². The first-order chi connectivity index (χ1) is 15.1. The van der Waals surface area contributed by atoms with Crippen LogP contribution in [0.15, 0.2) is 84.9 Å². The van der Waals surface area contributed by atoms with Crippen molar-refractivity contribution in [2.24, 2.45) is 0 Å². The summed E-state index contributed by atoms with van der Waals surface area (Å²) in [7, 11) is 3.07. The summed E-state index contributed by atoms with van der Waals surface area (Å²) >= 11 is 0. The minimum absolute atomic E-state index is 0.120. The lowest BCUT2D eigenvalue weighted by atomic mass is 9.92. The van der Waals surface area contributed by atoms with Gasteiger partial charge < -0.3 is 19.9 Å². The van der Waals surface area contributed by atoms with Gasteiger partial charge in [0.2, 0.25) is 0 Å². The molecule has 0 spiro atoms. The van der Waals surface area contributed by atoms with Crippen LogP contribution in [0.2, 0.25) is 0 Å². The standard InChI is InChI=1S/C26H23NO4/c1-30-19-13-14-21(23(16-19)31-2)26(29)27-25(18-9-4-3-5-10-18)24-20-11-7-6-8-17(20)12-15-22(24)28/h3-16,25,28H,1-2H3,(H,27,29). The predicted octanol–water partition coefficient (Wildman–Crippen LogP) is 5.08. The van der Waals surface area contributed by atoms with Crippen molar-refractivity contribution in [3.8, 4) is 17.2 Å². The third kappa shape index (κ3) is 4.03. The van der Waals surface area contributed by atoms with Gasteiger partial charge in [0.15, 0.2) is 0 Å². The molecule has 0 heterocycles. The Bertz CT molecular complexity index is 1220. The van der Waals surface area contributed by atoms with Gasteiger partial charge >= 0.3 is 0 Å². The molecule has 1 amide bonds. The Labute approximate surface area is 180 Å². The molecule has 5 nitrogen and oxygen atoms in total. The summed E-state index contributed by atoms with van der Waals surface area (Å²) in [6.45, 7) is 0. The molecule has 0 aliphatic carbocycles. The molecule has 0 aromatic heterocycles. The van der Waals surface area contributed by atoms with Crippen molar-refractivity contribution in [2.75, 3.05) is 14.2 Å². The lowest BCUT2D eigenvalue weighted by molar-refractivity contribution is 0.0940. The quantitative estimate of drug-likeness (QED) is 0.462. The Hall–Kier alpha value is -3.99. The molecular weight excluding hydrogens is 390 g/mol. The molecule has 156 valence electrons. The molecule has 0 saturated heterocycles. The highest BCUT2D eigenvalue weighted by Gasteiger charge is 2.24. The largest absolute Gasteiger partial charge is 0.508 e. The predicted molar refractivity (Wildman–Crippen MR) is 121 cm³/mol. The normalized spacial score (nSPS) is 11.7. The van der Waals surface area contributed by atoms with Crippen molar-refractivity contribution in [1.29, 1.82) is 0 Å². The Morgan fingerprint density at radius 3 is 2.35 bits per heavy atom. The lowest BCUT2D eigenvalue weighted by Crippen LogP contribution is -2.30. The van der Waals surface area contributed by atoms with Gasteiger partial charge in [-0.15, -0.1) is 0 Å². The molecule has 4 rings (SSSR count). The Morgan fingerprint density at radius 1 is 0.871 bits per heavy atom. The van der Waals surface area contributed by atoms with E-state index >= 15 is 0 Å². The number of hydrogen-bond donors (Lipinski definition) is 2. The van der Waals surface area contributed by atoms with Crippen LogP contribution in [0.1, 0.15) is 27.5 Å². The summed E-state index contributed by atoms with van der Waals surface area (Å²) in [5, 5.41) is 15.7. The van der Waals surface area contributed by atoms with Crippen molar-refractivity contribution in [1.82, 2.24) is 5.32 Å². The van der Waals surface area contributed by atoms with E-state index in [2.05, 4.69) is 5.32 Å². The van der Waals surface area contributed by atoms with Crippen LogP contribution in [-0.2, 0) is 0 Å². The van der Waals surface area contributed by atoms with Gasteiger partial charge in [0.25, 0.3) is 5.91 Å². The molecule has 0 fully saturated rings. The molecule has 2 N–H and O–H groups in total. The number of carbonyl (C=O) groups is 1. The average molecular weight is 413 g/mol.